The molecule has 2 aromatic heterocycles. The Balaban J connectivity index is 1.52. The third kappa shape index (κ3) is 3.70. The molecule has 1 aromatic carbocycles. The Morgan fingerprint density at radius 3 is 2.63 bits per heavy atom. The number of benzene rings is 1. The zero-order valence-electron chi connectivity index (χ0n) is 17.6. The molecule has 0 radical (unpaired) electrons. The average molecular weight is 407 g/mol. The van der Waals surface area contributed by atoms with Gasteiger partial charge < -0.3 is 24.3 Å². The molecule has 30 heavy (non-hydrogen) atoms. The van der Waals surface area contributed by atoms with Gasteiger partial charge >= 0.3 is 0 Å². The number of rotatable bonds is 5. The maximum Gasteiger partial charge on any atom is 0.253 e. The number of nitrogens with one attached hydrogen (secondary N) is 2. The van der Waals surface area contributed by atoms with Crippen molar-refractivity contribution in [3.05, 3.63) is 80.0 Å². The number of aromatic amines is 1. The molecule has 2 N–H and O–H groups in total. The van der Waals surface area contributed by atoms with Crippen molar-refractivity contribution in [2.75, 3.05) is 6.79 Å². The Hall–Kier alpha value is -3.48. The van der Waals surface area contributed by atoms with E-state index >= 15 is 0 Å². The van der Waals surface area contributed by atoms with Crippen LogP contribution in [0, 0.1) is 27.7 Å². The van der Waals surface area contributed by atoms with E-state index in [2.05, 4.69) is 14.9 Å². The summed E-state index contributed by atoms with van der Waals surface area (Å²) < 4.78 is 12.9. The highest BCUT2D eigenvalue weighted by molar-refractivity contribution is 5.95. The highest BCUT2D eigenvalue weighted by Gasteiger charge is 2.18. The number of fused-ring (bicyclic) bond motifs is 1. The minimum Gasteiger partial charge on any atom is -0.454 e. The number of H-pyrrole nitrogens is 1. The van der Waals surface area contributed by atoms with Gasteiger partial charge in [0.15, 0.2) is 11.5 Å². The highest BCUT2D eigenvalue weighted by atomic mass is 16.7. The molecule has 0 bridgehead atoms. The molecular formula is C23H25N3O4. The molecule has 0 spiro atoms. The van der Waals surface area contributed by atoms with Gasteiger partial charge in [0.1, 0.15) is 0 Å². The van der Waals surface area contributed by atoms with Gasteiger partial charge in [0, 0.05) is 35.7 Å². The van der Waals surface area contributed by atoms with Crippen molar-refractivity contribution < 1.29 is 14.3 Å². The van der Waals surface area contributed by atoms with Crippen molar-refractivity contribution in [3.63, 3.8) is 0 Å². The first-order chi connectivity index (χ1) is 14.3. The fourth-order valence-electron chi connectivity index (χ4n) is 3.86. The summed E-state index contributed by atoms with van der Waals surface area (Å²) in [5, 5.41) is 2.89. The summed E-state index contributed by atoms with van der Waals surface area (Å²) in [6.45, 7) is 8.68. The number of amides is 1. The fourth-order valence-corrected chi connectivity index (χ4v) is 3.86. The number of carbonyl (C=O) groups is 1. The van der Waals surface area contributed by atoms with E-state index in [4.69, 9.17) is 9.47 Å². The number of carbonyl (C=O) groups excluding carboxylic acids is 1. The quantitative estimate of drug-likeness (QED) is 0.681. The van der Waals surface area contributed by atoms with E-state index in [-0.39, 0.29) is 24.8 Å². The molecule has 0 saturated carbocycles. The molecule has 3 aromatic rings. The lowest BCUT2D eigenvalue weighted by Crippen LogP contribution is -2.28. The lowest BCUT2D eigenvalue weighted by Gasteiger charge is -2.11. The molecule has 1 aliphatic heterocycles. The van der Waals surface area contributed by atoms with E-state index in [1.807, 2.05) is 58.0 Å². The molecule has 156 valence electrons. The molecule has 1 aliphatic rings. The van der Waals surface area contributed by atoms with E-state index in [0.717, 1.165) is 39.7 Å². The van der Waals surface area contributed by atoms with Crippen LogP contribution in [0.15, 0.2) is 35.1 Å². The van der Waals surface area contributed by atoms with Crippen LogP contribution < -0.4 is 20.3 Å². The first kappa shape index (κ1) is 19.8. The summed E-state index contributed by atoms with van der Waals surface area (Å²) in [7, 11) is 0. The van der Waals surface area contributed by atoms with Gasteiger partial charge in [-0.2, -0.15) is 0 Å². The van der Waals surface area contributed by atoms with Gasteiger partial charge in [-0.25, -0.2) is 0 Å². The molecule has 4 rings (SSSR count). The SMILES string of the molecule is Cc1cc(C)c(CNC(=O)c2cc(C)n(Cc3ccc4c(c3)OCO4)c2C)c(=O)[nH]1. The van der Waals surface area contributed by atoms with E-state index in [1.165, 1.54) is 0 Å². The second-order valence-corrected chi connectivity index (χ2v) is 7.68. The molecule has 0 fully saturated rings. The van der Waals surface area contributed by atoms with E-state index in [9.17, 15) is 9.59 Å². The van der Waals surface area contributed by atoms with Crippen molar-refractivity contribution in [2.45, 2.75) is 40.8 Å². The van der Waals surface area contributed by atoms with Crippen LogP contribution in [0.3, 0.4) is 0 Å². The summed E-state index contributed by atoms with van der Waals surface area (Å²) in [5.74, 6) is 1.30. The predicted octanol–water partition coefficient (Wildman–Crippen LogP) is 3.12. The third-order valence-electron chi connectivity index (χ3n) is 5.52. The molecule has 1 amide bonds. The molecular weight excluding hydrogens is 382 g/mol. The summed E-state index contributed by atoms with van der Waals surface area (Å²) in [6.07, 6.45) is 0. The molecule has 7 heteroatoms. The first-order valence-electron chi connectivity index (χ1n) is 9.86. The normalized spacial score (nSPS) is 12.3. The van der Waals surface area contributed by atoms with Crippen molar-refractivity contribution in [2.24, 2.45) is 0 Å². The van der Waals surface area contributed by atoms with Crippen LogP contribution in [0.2, 0.25) is 0 Å². The molecule has 0 unspecified atom stereocenters. The second-order valence-electron chi connectivity index (χ2n) is 7.68. The Bertz CT molecular complexity index is 1190. The van der Waals surface area contributed by atoms with Crippen molar-refractivity contribution in [1.82, 2.24) is 14.9 Å². The van der Waals surface area contributed by atoms with Crippen molar-refractivity contribution in [1.29, 1.82) is 0 Å². The predicted molar refractivity (Wildman–Crippen MR) is 113 cm³/mol. The number of nitrogens with zero attached hydrogens (tertiary/aromatic N) is 1. The van der Waals surface area contributed by atoms with Gasteiger partial charge in [-0.05, 0) is 63.1 Å². The lowest BCUT2D eigenvalue weighted by molar-refractivity contribution is 0.0950. The zero-order chi connectivity index (χ0) is 21.4. The second kappa shape index (κ2) is 7.74. The fraction of sp³-hybridized carbons (Fsp3) is 0.304. The Morgan fingerprint density at radius 1 is 1.10 bits per heavy atom. The summed E-state index contributed by atoms with van der Waals surface area (Å²) >= 11 is 0. The zero-order valence-corrected chi connectivity index (χ0v) is 17.6. The van der Waals surface area contributed by atoms with Crippen molar-refractivity contribution in [3.8, 4) is 11.5 Å². The molecule has 0 atom stereocenters. The van der Waals surface area contributed by atoms with Crippen LogP contribution >= 0.6 is 0 Å². The minimum atomic E-state index is -0.195. The lowest BCUT2D eigenvalue weighted by atomic mass is 10.1. The summed E-state index contributed by atoms with van der Waals surface area (Å²) in [4.78, 5) is 27.8. The van der Waals surface area contributed by atoms with E-state index < -0.39 is 0 Å². The van der Waals surface area contributed by atoms with Gasteiger partial charge in [0.05, 0.1) is 5.56 Å². The van der Waals surface area contributed by atoms with Gasteiger partial charge in [-0.3, -0.25) is 9.59 Å². The summed E-state index contributed by atoms with van der Waals surface area (Å²) in [5.41, 5.74) is 5.61. The minimum absolute atomic E-state index is 0.166. The largest absolute Gasteiger partial charge is 0.454 e. The monoisotopic (exact) mass is 407 g/mol. The molecule has 0 saturated heterocycles. The average Bonchev–Trinajstić information content (AvgIpc) is 3.26. The van der Waals surface area contributed by atoms with E-state index in [0.29, 0.717) is 17.7 Å². The number of hydrogen-bond donors (Lipinski definition) is 2. The number of pyridine rings is 1. The first-order valence-corrected chi connectivity index (χ1v) is 9.86. The third-order valence-corrected chi connectivity index (χ3v) is 5.52. The maximum absolute atomic E-state index is 12.8. The molecule has 3 heterocycles. The maximum atomic E-state index is 12.8. The van der Waals surface area contributed by atoms with E-state index in [1.54, 1.807) is 0 Å². The van der Waals surface area contributed by atoms with Crippen LogP contribution in [0.25, 0.3) is 0 Å². The Morgan fingerprint density at radius 2 is 1.87 bits per heavy atom. The van der Waals surface area contributed by atoms with Crippen LogP contribution in [0.1, 0.15) is 44.1 Å². The Labute approximate surface area is 174 Å². The van der Waals surface area contributed by atoms with Gasteiger partial charge in [-0.1, -0.05) is 6.07 Å². The standard InChI is InChI=1S/C23H25N3O4/c1-13-7-14(2)25-23(28)19(13)10-24-22(27)18-8-15(3)26(16(18)4)11-17-5-6-20-21(9-17)30-12-29-20/h5-9H,10-12H2,1-4H3,(H,24,27)(H,25,28). The highest BCUT2D eigenvalue weighted by Crippen LogP contribution is 2.33. The molecule has 7 nitrogen and oxygen atoms in total. The smallest absolute Gasteiger partial charge is 0.253 e. The van der Waals surface area contributed by atoms with Gasteiger partial charge in [-0.15, -0.1) is 0 Å². The van der Waals surface area contributed by atoms with Crippen LogP contribution in [-0.4, -0.2) is 22.3 Å². The van der Waals surface area contributed by atoms with Crippen LogP contribution in [0.5, 0.6) is 11.5 Å². The number of ether oxygens (including phenoxy) is 2. The number of hydrogen-bond acceptors (Lipinski definition) is 4. The van der Waals surface area contributed by atoms with Gasteiger partial charge in [0.2, 0.25) is 6.79 Å². The van der Waals surface area contributed by atoms with Crippen LogP contribution in [0.4, 0.5) is 0 Å². The van der Waals surface area contributed by atoms with Crippen molar-refractivity contribution >= 4 is 5.91 Å². The topological polar surface area (TPSA) is 85.3 Å². The van der Waals surface area contributed by atoms with Crippen LogP contribution in [-0.2, 0) is 13.1 Å². The van der Waals surface area contributed by atoms with Gasteiger partial charge in [0.25, 0.3) is 11.5 Å². The summed E-state index contributed by atoms with van der Waals surface area (Å²) in [6, 6.07) is 9.65. The number of aromatic nitrogens is 2. The number of aryl methyl sites for hydroxylation is 3. The Kier molecular flexibility index (Phi) is 5.11. The molecule has 0 aliphatic carbocycles.